The van der Waals surface area contributed by atoms with Gasteiger partial charge in [-0.1, -0.05) is 6.92 Å². The number of carbonyl (C=O) groups excluding carboxylic acids is 1. The minimum atomic E-state index is -3.17. The quantitative estimate of drug-likeness (QED) is 0.848. The molecule has 0 saturated carbocycles. The lowest BCUT2D eigenvalue weighted by Crippen LogP contribution is -2.54. The first-order chi connectivity index (χ1) is 11.9. The van der Waals surface area contributed by atoms with Gasteiger partial charge in [0.1, 0.15) is 0 Å². The minimum Gasteiger partial charge on any atom is -0.376 e. The highest BCUT2D eigenvalue weighted by Crippen LogP contribution is 2.27. The van der Waals surface area contributed by atoms with Crippen molar-refractivity contribution in [1.29, 1.82) is 0 Å². The maximum Gasteiger partial charge on any atom is 0.318 e. The predicted octanol–water partition coefficient (Wildman–Crippen LogP) is 0.859. The smallest absolute Gasteiger partial charge is 0.318 e. The Morgan fingerprint density at radius 1 is 1.52 bits per heavy atom. The van der Waals surface area contributed by atoms with Crippen molar-refractivity contribution < 1.29 is 17.9 Å². The van der Waals surface area contributed by atoms with E-state index in [-0.39, 0.29) is 36.2 Å². The van der Waals surface area contributed by atoms with Crippen LogP contribution in [0, 0.1) is 0 Å². The van der Waals surface area contributed by atoms with Gasteiger partial charge in [-0.15, -0.1) is 0 Å². The normalized spacial score (nSPS) is 27.2. The van der Waals surface area contributed by atoms with Gasteiger partial charge >= 0.3 is 6.03 Å². The second-order valence-corrected chi connectivity index (χ2v) is 9.02. The maximum atomic E-state index is 12.9. The molecule has 0 aromatic carbocycles. The Balaban J connectivity index is 1.76. The van der Waals surface area contributed by atoms with E-state index in [9.17, 15) is 13.2 Å². The summed E-state index contributed by atoms with van der Waals surface area (Å²) < 4.78 is 31.5. The average molecular weight is 370 g/mol. The summed E-state index contributed by atoms with van der Waals surface area (Å²) in [6.45, 7) is 2.94. The standard InChI is InChI=1S/C16H26N4O4S/c1-3-13(15-5-4-7-24-15)18-16(21)20-6-8-25(22,23)11-14(20)12-9-17-19(2)10-12/h9-10,13-15H,3-8,11H2,1-2H3,(H,18,21)/t13-,14-,15-/m0/s1. The van der Waals surface area contributed by atoms with Crippen LogP contribution in [0.2, 0.25) is 0 Å². The molecule has 2 fully saturated rings. The van der Waals surface area contributed by atoms with Crippen LogP contribution in [0.3, 0.4) is 0 Å². The number of aromatic nitrogens is 2. The van der Waals surface area contributed by atoms with Gasteiger partial charge in [0.25, 0.3) is 0 Å². The highest BCUT2D eigenvalue weighted by Gasteiger charge is 2.37. The van der Waals surface area contributed by atoms with Gasteiger partial charge in [0.05, 0.1) is 35.9 Å². The van der Waals surface area contributed by atoms with Crippen molar-refractivity contribution in [2.45, 2.75) is 44.4 Å². The molecule has 2 amide bonds. The van der Waals surface area contributed by atoms with Crippen LogP contribution < -0.4 is 5.32 Å². The van der Waals surface area contributed by atoms with E-state index >= 15 is 0 Å². The number of nitrogens with one attached hydrogen (secondary N) is 1. The number of sulfone groups is 1. The maximum absolute atomic E-state index is 12.9. The van der Waals surface area contributed by atoms with Crippen LogP contribution in [0.4, 0.5) is 4.79 Å². The third-order valence-corrected chi connectivity index (χ3v) is 6.59. The molecule has 1 N–H and O–H groups in total. The molecule has 2 saturated heterocycles. The molecule has 9 heteroatoms. The Bertz CT molecular complexity index is 711. The molecule has 140 valence electrons. The first kappa shape index (κ1) is 18.2. The predicted molar refractivity (Wildman–Crippen MR) is 92.9 cm³/mol. The molecule has 0 unspecified atom stereocenters. The monoisotopic (exact) mass is 370 g/mol. The fraction of sp³-hybridized carbons (Fsp3) is 0.750. The first-order valence-electron chi connectivity index (χ1n) is 8.77. The lowest BCUT2D eigenvalue weighted by atomic mass is 10.1. The fourth-order valence-corrected chi connectivity index (χ4v) is 5.05. The van der Waals surface area contributed by atoms with Crippen molar-refractivity contribution in [3.05, 3.63) is 18.0 Å². The van der Waals surface area contributed by atoms with E-state index in [1.807, 2.05) is 6.92 Å². The summed E-state index contributed by atoms with van der Waals surface area (Å²) in [6.07, 6.45) is 6.17. The lowest BCUT2D eigenvalue weighted by Gasteiger charge is -2.36. The van der Waals surface area contributed by atoms with Crippen molar-refractivity contribution in [2.75, 3.05) is 24.7 Å². The molecule has 2 aliphatic rings. The summed E-state index contributed by atoms with van der Waals surface area (Å²) in [5.41, 5.74) is 0.742. The Morgan fingerprint density at radius 2 is 2.32 bits per heavy atom. The van der Waals surface area contributed by atoms with Gasteiger partial charge in [-0.2, -0.15) is 5.10 Å². The van der Waals surface area contributed by atoms with Crippen molar-refractivity contribution in [1.82, 2.24) is 20.0 Å². The zero-order valence-corrected chi connectivity index (χ0v) is 15.5. The van der Waals surface area contributed by atoms with Crippen molar-refractivity contribution in [2.24, 2.45) is 7.05 Å². The van der Waals surface area contributed by atoms with Gasteiger partial charge in [-0.25, -0.2) is 13.2 Å². The van der Waals surface area contributed by atoms with Crippen LogP contribution in [-0.2, 0) is 21.6 Å². The Hall–Kier alpha value is -1.61. The molecule has 2 aliphatic heterocycles. The van der Waals surface area contributed by atoms with Crippen LogP contribution in [0.1, 0.15) is 37.8 Å². The van der Waals surface area contributed by atoms with Crippen molar-refractivity contribution in [3.8, 4) is 0 Å². The Morgan fingerprint density at radius 3 is 2.92 bits per heavy atom. The van der Waals surface area contributed by atoms with E-state index in [1.165, 1.54) is 0 Å². The van der Waals surface area contributed by atoms with Gasteiger partial charge < -0.3 is 15.0 Å². The molecule has 0 bridgehead atoms. The molecule has 8 nitrogen and oxygen atoms in total. The molecule has 0 aliphatic carbocycles. The molecule has 0 radical (unpaired) electrons. The summed E-state index contributed by atoms with van der Waals surface area (Å²) >= 11 is 0. The number of amides is 2. The summed E-state index contributed by atoms with van der Waals surface area (Å²) in [5, 5.41) is 7.17. The molecule has 0 spiro atoms. The number of hydrogen-bond acceptors (Lipinski definition) is 5. The van der Waals surface area contributed by atoms with Crippen molar-refractivity contribution in [3.63, 3.8) is 0 Å². The van der Waals surface area contributed by atoms with Crippen LogP contribution >= 0.6 is 0 Å². The number of urea groups is 1. The highest BCUT2D eigenvalue weighted by atomic mass is 32.2. The second-order valence-electron chi connectivity index (χ2n) is 6.79. The van der Waals surface area contributed by atoms with Crippen molar-refractivity contribution >= 4 is 15.9 Å². The van der Waals surface area contributed by atoms with E-state index in [1.54, 1.807) is 29.0 Å². The zero-order chi connectivity index (χ0) is 18.0. The second kappa shape index (κ2) is 7.33. The van der Waals surface area contributed by atoms with Gasteiger partial charge in [-0.3, -0.25) is 4.68 Å². The summed E-state index contributed by atoms with van der Waals surface area (Å²) in [4.78, 5) is 14.5. The number of rotatable bonds is 4. The third kappa shape index (κ3) is 4.14. The highest BCUT2D eigenvalue weighted by molar-refractivity contribution is 7.91. The molecule has 1 aromatic rings. The number of aryl methyl sites for hydroxylation is 1. The third-order valence-electron chi connectivity index (χ3n) is 4.96. The first-order valence-corrected chi connectivity index (χ1v) is 10.6. The van der Waals surface area contributed by atoms with E-state index in [0.717, 1.165) is 31.4 Å². The lowest BCUT2D eigenvalue weighted by molar-refractivity contribution is 0.0757. The molecule has 25 heavy (non-hydrogen) atoms. The van der Waals surface area contributed by atoms with E-state index in [4.69, 9.17) is 4.74 Å². The number of nitrogens with zero attached hydrogens (tertiary/aromatic N) is 3. The van der Waals surface area contributed by atoms with Crippen LogP contribution in [0.15, 0.2) is 12.4 Å². The molecular weight excluding hydrogens is 344 g/mol. The van der Waals surface area contributed by atoms with Gasteiger partial charge in [-0.05, 0) is 19.3 Å². The average Bonchev–Trinajstić information content (AvgIpc) is 3.23. The molecule has 1 aromatic heterocycles. The van der Waals surface area contributed by atoms with Gasteiger partial charge in [0.2, 0.25) is 0 Å². The zero-order valence-electron chi connectivity index (χ0n) is 14.7. The minimum absolute atomic E-state index is 0.00605. The summed E-state index contributed by atoms with van der Waals surface area (Å²) in [5.74, 6) is -0.0727. The topological polar surface area (TPSA) is 93.5 Å². The van der Waals surface area contributed by atoms with E-state index in [0.29, 0.717) is 0 Å². The largest absolute Gasteiger partial charge is 0.376 e. The molecule has 3 rings (SSSR count). The van der Waals surface area contributed by atoms with E-state index in [2.05, 4.69) is 10.4 Å². The fourth-order valence-electron chi connectivity index (χ4n) is 3.56. The number of carbonyl (C=O) groups is 1. The SMILES string of the molecule is CC[C@H](NC(=O)N1CCS(=O)(=O)C[C@H]1c1cnn(C)c1)[C@@H]1CCCO1. The van der Waals surface area contributed by atoms with Gasteiger partial charge in [0.15, 0.2) is 9.84 Å². The summed E-state index contributed by atoms with van der Waals surface area (Å²) in [7, 11) is -1.40. The molecule has 3 atom stereocenters. The molecule has 3 heterocycles. The van der Waals surface area contributed by atoms with Crippen LogP contribution in [0.5, 0.6) is 0 Å². The Labute approximate surface area is 148 Å². The number of hydrogen-bond donors (Lipinski definition) is 1. The van der Waals surface area contributed by atoms with Crippen LogP contribution in [-0.4, -0.2) is 65.9 Å². The van der Waals surface area contributed by atoms with E-state index < -0.39 is 15.9 Å². The summed E-state index contributed by atoms with van der Waals surface area (Å²) in [6, 6.07) is -0.788. The van der Waals surface area contributed by atoms with Crippen LogP contribution in [0.25, 0.3) is 0 Å². The number of ether oxygens (including phenoxy) is 1. The Kier molecular flexibility index (Phi) is 5.33. The van der Waals surface area contributed by atoms with Gasteiger partial charge in [0, 0.05) is 32.0 Å². The molecular formula is C16H26N4O4S.